The first-order chi connectivity index (χ1) is 13.3. The van der Waals surface area contributed by atoms with Crippen molar-refractivity contribution >= 4 is 17.7 Å². The van der Waals surface area contributed by atoms with Crippen molar-refractivity contribution in [2.45, 2.75) is 12.6 Å². The molecule has 2 fully saturated rings. The highest BCUT2D eigenvalue weighted by Gasteiger charge is 2.57. The summed E-state index contributed by atoms with van der Waals surface area (Å²) < 4.78 is 5.17. The van der Waals surface area contributed by atoms with Crippen molar-refractivity contribution in [1.82, 2.24) is 25.3 Å². The fraction of sp³-hybridized carbons (Fsp3) is 0.444. The molecule has 4 rings (SSSR count). The molecule has 0 bridgehead atoms. The summed E-state index contributed by atoms with van der Waals surface area (Å²) >= 11 is 0. The van der Waals surface area contributed by atoms with Crippen LogP contribution in [0.3, 0.4) is 0 Å². The first kappa shape index (κ1) is 18.2. The van der Waals surface area contributed by atoms with Crippen molar-refractivity contribution < 1.29 is 18.9 Å². The minimum Gasteiger partial charge on any atom is -0.366 e. The standard InChI is InChI=1S/C18H22N6O4/c1-23(2)6-10-4-13(22-28-10)17(26)21-15-11-7-24(8-12(11)15)18(27)14-3-9(5-20-14)16(19)25/h3-5,11-12,15,20H,6-8H2,1-2H3,(H2,19,25)(H,21,26)/t11-,12+,15?. The Kier molecular flexibility index (Phi) is 4.42. The Morgan fingerprint density at radius 1 is 1.32 bits per heavy atom. The highest BCUT2D eigenvalue weighted by molar-refractivity contribution is 5.98. The molecule has 1 unspecified atom stereocenters. The zero-order chi connectivity index (χ0) is 20.0. The lowest BCUT2D eigenvalue weighted by atomic mass is 10.2. The molecule has 3 atom stereocenters. The van der Waals surface area contributed by atoms with E-state index in [0.29, 0.717) is 31.1 Å². The van der Waals surface area contributed by atoms with Gasteiger partial charge in [0.2, 0.25) is 5.91 Å². The maximum absolute atomic E-state index is 12.5. The van der Waals surface area contributed by atoms with E-state index in [2.05, 4.69) is 15.5 Å². The topological polar surface area (TPSA) is 138 Å². The average molecular weight is 386 g/mol. The van der Waals surface area contributed by atoms with Crippen LogP contribution in [0.2, 0.25) is 0 Å². The predicted molar refractivity (Wildman–Crippen MR) is 97.3 cm³/mol. The number of carbonyl (C=O) groups excluding carboxylic acids is 3. The second-order valence-electron chi connectivity index (χ2n) is 7.62. The predicted octanol–water partition coefficient (Wildman–Crippen LogP) is -0.336. The van der Waals surface area contributed by atoms with Gasteiger partial charge in [0.15, 0.2) is 11.5 Å². The van der Waals surface area contributed by atoms with E-state index in [1.807, 2.05) is 19.0 Å². The summed E-state index contributed by atoms with van der Waals surface area (Å²) in [4.78, 5) is 42.5. The van der Waals surface area contributed by atoms with Crippen LogP contribution in [0, 0.1) is 11.8 Å². The van der Waals surface area contributed by atoms with Crippen molar-refractivity contribution in [2.75, 3.05) is 27.2 Å². The number of aromatic amines is 1. The van der Waals surface area contributed by atoms with Crippen LogP contribution in [0.25, 0.3) is 0 Å². The number of H-pyrrole nitrogens is 1. The van der Waals surface area contributed by atoms with Crippen LogP contribution in [0.15, 0.2) is 22.9 Å². The summed E-state index contributed by atoms with van der Waals surface area (Å²) in [7, 11) is 3.81. The van der Waals surface area contributed by atoms with Crippen molar-refractivity contribution in [3.8, 4) is 0 Å². The van der Waals surface area contributed by atoms with Gasteiger partial charge in [-0.3, -0.25) is 14.4 Å². The third-order valence-electron chi connectivity index (χ3n) is 5.24. The average Bonchev–Trinajstić information content (AvgIpc) is 3.15. The SMILES string of the molecule is CN(C)Cc1cc(C(=O)NC2[C@H]3CN(C(=O)c4cc(C(N)=O)c[nH]4)C[C@@H]23)no1. The lowest BCUT2D eigenvalue weighted by Crippen LogP contribution is -2.37. The number of aromatic nitrogens is 2. The number of hydrogen-bond acceptors (Lipinski definition) is 6. The fourth-order valence-corrected chi connectivity index (χ4v) is 3.77. The smallest absolute Gasteiger partial charge is 0.273 e. The van der Waals surface area contributed by atoms with Crippen molar-refractivity contribution in [3.63, 3.8) is 0 Å². The lowest BCUT2D eigenvalue weighted by Gasteiger charge is -2.19. The van der Waals surface area contributed by atoms with Crippen molar-refractivity contribution in [3.05, 3.63) is 41.0 Å². The number of rotatable bonds is 6. The first-order valence-corrected chi connectivity index (χ1v) is 9.02. The molecule has 3 heterocycles. The minimum absolute atomic E-state index is 0.0374. The monoisotopic (exact) mass is 386 g/mol. The third-order valence-corrected chi connectivity index (χ3v) is 5.24. The number of piperidine rings is 1. The summed E-state index contributed by atoms with van der Waals surface area (Å²) in [6, 6.07) is 3.14. The van der Waals surface area contributed by atoms with Gasteiger partial charge in [0.1, 0.15) is 5.69 Å². The van der Waals surface area contributed by atoms with Crippen LogP contribution in [0.5, 0.6) is 0 Å². The Balaban J connectivity index is 1.30. The number of likely N-dealkylation sites (tertiary alicyclic amines) is 1. The number of fused-ring (bicyclic) bond motifs is 1. The molecule has 2 aromatic heterocycles. The van der Waals surface area contributed by atoms with E-state index in [4.69, 9.17) is 10.3 Å². The molecule has 1 aliphatic carbocycles. The molecule has 0 spiro atoms. The number of nitrogens with two attached hydrogens (primary N) is 1. The molecule has 1 aliphatic heterocycles. The van der Waals surface area contributed by atoms with E-state index >= 15 is 0 Å². The molecule has 0 radical (unpaired) electrons. The highest BCUT2D eigenvalue weighted by Crippen LogP contribution is 2.45. The minimum atomic E-state index is -0.580. The van der Waals surface area contributed by atoms with Crippen LogP contribution in [0.1, 0.15) is 37.1 Å². The van der Waals surface area contributed by atoms with Crippen LogP contribution in [0.4, 0.5) is 0 Å². The molecular weight excluding hydrogens is 364 g/mol. The molecule has 0 aromatic carbocycles. The fourth-order valence-electron chi connectivity index (χ4n) is 3.77. The first-order valence-electron chi connectivity index (χ1n) is 9.02. The van der Waals surface area contributed by atoms with Gasteiger partial charge in [0.05, 0.1) is 12.1 Å². The molecule has 1 saturated carbocycles. The molecule has 2 aliphatic rings. The van der Waals surface area contributed by atoms with Crippen molar-refractivity contribution in [1.29, 1.82) is 0 Å². The lowest BCUT2D eigenvalue weighted by molar-refractivity contribution is 0.0764. The Morgan fingerprint density at radius 2 is 2.04 bits per heavy atom. The molecule has 2 aromatic rings. The third kappa shape index (κ3) is 3.38. The van der Waals surface area contributed by atoms with E-state index in [1.54, 1.807) is 11.0 Å². The molecule has 10 nitrogen and oxygen atoms in total. The highest BCUT2D eigenvalue weighted by atomic mass is 16.5. The number of hydrogen-bond donors (Lipinski definition) is 3. The van der Waals surface area contributed by atoms with E-state index < -0.39 is 5.91 Å². The van der Waals surface area contributed by atoms with E-state index in [0.717, 1.165) is 0 Å². The van der Waals surface area contributed by atoms with Gasteiger partial charge in [-0.05, 0) is 20.2 Å². The van der Waals surface area contributed by atoms with Gasteiger partial charge in [0.25, 0.3) is 11.8 Å². The number of nitrogens with one attached hydrogen (secondary N) is 2. The molecule has 148 valence electrons. The Morgan fingerprint density at radius 3 is 2.64 bits per heavy atom. The molecular formula is C18H22N6O4. The van der Waals surface area contributed by atoms with Gasteiger partial charge >= 0.3 is 0 Å². The number of carbonyl (C=O) groups is 3. The van der Waals surface area contributed by atoms with Crippen LogP contribution >= 0.6 is 0 Å². The molecule has 28 heavy (non-hydrogen) atoms. The Bertz CT molecular complexity index is 920. The van der Waals surface area contributed by atoms with E-state index in [1.165, 1.54) is 12.3 Å². The zero-order valence-corrected chi connectivity index (χ0v) is 15.6. The quantitative estimate of drug-likeness (QED) is 0.621. The summed E-state index contributed by atoms with van der Waals surface area (Å²) in [5.41, 5.74) is 6.09. The zero-order valence-electron chi connectivity index (χ0n) is 15.6. The Hall–Kier alpha value is -3.14. The molecule has 1 saturated heterocycles. The summed E-state index contributed by atoms with van der Waals surface area (Å²) in [6.45, 7) is 1.69. The van der Waals surface area contributed by atoms with Crippen LogP contribution in [-0.4, -0.2) is 70.9 Å². The molecule has 3 amide bonds. The number of nitrogens with zero attached hydrogens (tertiary/aromatic N) is 3. The number of amides is 3. The van der Waals surface area contributed by atoms with Crippen molar-refractivity contribution in [2.24, 2.45) is 17.6 Å². The van der Waals surface area contributed by atoms with Gasteiger partial charge in [-0.15, -0.1) is 0 Å². The second-order valence-corrected chi connectivity index (χ2v) is 7.62. The molecule has 4 N–H and O–H groups in total. The van der Waals surface area contributed by atoms with E-state index in [9.17, 15) is 14.4 Å². The van der Waals surface area contributed by atoms with Gasteiger partial charge in [-0.1, -0.05) is 5.16 Å². The maximum atomic E-state index is 12.5. The maximum Gasteiger partial charge on any atom is 0.273 e. The normalized spacial score (nSPS) is 23.0. The van der Waals surface area contributed by atoms with Gasteiger partial charge < -0.3 is 30.4 Å². The largest absolute Gasteiger partial charge is 0.366 e. The number of primary amides is 1. The second kappa shape index (κ2) is 6.79. The van der Waals surface area contributed by atoms with Crippen LogP contribution in [-0.2, 0) is 6.54 Å². The van der Waals surface area contributed by atoms with Gasteiger partial charge in [-0.25, -0.2) is 0 Å². The van der Waals surface area contributed by atoms with Gasteiger partial charge in [-0.2, -0.15) is 0 Å². The molecule has 10 heteroatoms. The van der Waals surface area contributed by atoms with Gasteiger partial charge in [0, 0.05) is 43.2 Å². The summed E-state index contributed by atoms with van der Waals surface area (Å²) in [6.07, 6.45) is 1.43. The van der Waals surface area contributed by atoms with E-state index in [-0.39, 0.29) is 40.9 Å². The summed E-state index contributed by atoms with van der Waals surface area (Å²) in [5.74, 6) is 0.0717. The summed E-state index contributed by atoms with van der Waals surface area (Å²) in [5, 5.41) is 6.80. The van der Waals surface area contributed by atoms with Crippen LogP contribution < -0.4 is 11.1 Å². The Labute approximate surface area is 161 Å².